The maximum absolute atomic E-state index is 11.9. The molecule has 2 aliphatic rings. The second-order valence-corrected chi connectivity index (χ2v) is 8.38. The Labute approximate surface area is 160 Å². The summed E-state index contributed by atoms with van der Waals surface area (Å²) in [4.78, 5) is 16.4. The molecule has 0 radical (unpaired) electrons. The molecule has 2 rings (SSSR count). The molecule has 2 N–H and O–H groups in total. The van der Waals surface area contributed by atoms with Gasteiger partial charge in [0.25, 0.3) is 0 Å². The molecule has 2 unspecified atom stereocenters. The zero-order valence-corrected chi connectivity index (χ0v) is 17.1. The molecule has 148 valence electrons. The zero-order valence-electron chi connectivity index (χ0n) is 16.3. The first-order valence-corrected chi connectivity index (χ1v) is 10.4. The summed E-state index contributed by atoms with van der Waals surface area (Å²) in [5.41, 5.74) is 1.20. The molecule has 2 atom stereocenters. The Balaban J connectivity index is 2.34. The Morgan fingerprint density at radius 3 is 2.58 bits per heavy atom. The Morgan fingerprint density at radius 2 is 2.04 bits per heavy atom. The number of rotatable bonds is 8. The van der Waals surface area contributed by atoms with Gasteiger partial charge in [-0.15, -0.1) is 11.8 Å². The van der Waals surface area contributed by atoms with Crippen molar-refractivity contribution >= 4 is 17.7 Å². The lowest BCUT2D eigenvalue weighted by atomic mass is 10.0. The van der Waals surface area contributed by atoms with E-state index in [2.05, 4.69) is 15.9 Å². The van der Waals surface area contributed by atoms with Gasteiger partial charge in [-0.2, -0.15) is 0 Å². The number of carboxylic acids is 1. The fourth-order valence-corrected chi connectivity index (χ4v) is 4.40. The number of aliphatic carboxylic acids is 1. The van der Waals surface area contributed by atoms with E-state index in [1.807, 2.05) is 27.7 Å². The first-order valence-electron chi connectivity index (χ1n) is 9.42. The van der Waals surface area contributed by atoms with E-state index in [0.29, 0.717) is 31.8 Å². The van der Waals surface area contributed by atoms with Crippen LogP contribution in [0.2, 0.25) is 0 Å². The average Bonchev–Trinajstić information content (AvgIpc) is 2.60. The number of aliphatic hydroxyl groups is 1. The van der Waals surface area contributed by atoms with E-state index in [-0.39, 0.29) is 12.1 Å². The van der Waals surface area contributed by atoms with Crippen LogP contribution >= 0.6 is 11.8 Å². The fourth-order valence-electron chi connectivity index (χ4n) is 3.36. The minimum absolute atomic E-state index is 0.00964. The van der Waals surface area contributed by atoms with Crippen molar-refractivity contribution in [2.45, 2.75) is 46.4 Å². The number of ether oxygens (including phenoxy) is 1. The van der Waals surface area contributed by atoms with Crippen LogP contribution in [0.15, 0.2) is 22.3 Å². The Kier molecular flexibility index (Phi) is 8.01. The van der Waals surface area contributed by atoms with Crippen molar-refractivity contribution in [3.63, 3.8) is 0 Å². The molecule has 26 heavy (non-hydrogen) atoms. The molecule has 2 heterocycles. The molecule has 1 fully saturated rings. The molecule has 1 saturated heterocycles. The van der Waals surface area contributed by atoms with Gasteiger partial charge in [-0.3, -0.25) is 4.90 Å². The molecule has 0 aromatic rings. The van der Waals surface area contributed by atoms with Crippen molar-refractivity contribution in [2.24, 2.45) is 5.92 Å². The number of carbonyl (C=O) groups is 1. The molecule has 0 aliphatic carbocycles. The first kappa shape index (κ1) is 21.3. The van der Waals surface area contributed by atoms with Crippen LogP contribution in [0, 0.1) is 5.92 Å². The van der Waals surface area contributed by atoms with Gasteiger partial charge in [-0.25, -0.2) is 4.79 Å². The lowest BCUT2D eigenvalue weighted by molar-refractivity contribution is -0.132. The van der Waals surface area contributed by atoms with Gasteiger partial charge in [0.05, 0.1) is 29.9 Å². The normalized spacial score (nSPS) is 23.4. The monoisotopic (exact) mass is 384 g/mol. The summed E-state index contributed by atoms with van der Waals surface area (Å²) in [7, 11) is 0. The fraction of sp³-hybridized carbons (Fsp3) is 0.737. The van der Waals surface area contributed by atoms with E-state index in [0.717, 1.165) is 29.4 Å². The number of carboxylic acid groups (broad SMARTS) is 1. The largest absolute Gasteiger partial charge is 0.478 e. The number of thioether (sulfide) groups is 1. The molecule has 6 nitrogen and oxygen atoms in total. The van der Waals surface area contributed by atoms with Crippen LogP contribution in [-0.4, -0.2) is 76.9 Å². The van der Waals surface area contributed by atoms with E-state index >= 15 is 0 Å². The number of hydrogen-bond donors (Lipinski definition) is 2. The van der Waals surface area contributed by atoms with Gasteiger partial charge in [0.1, 0.15) is 6.17 Å². The maximum Gasteiger partial charge on any atom is 0.338 e. The van der Waals surface area contributed by atoms with E-state index in [4.69, 9.17) is 4.74 Å². The van der Waals surface area contributed by atoms with Crippen LogP contribution in [0.4, 0.5) is 0 Å². The zero-order chi connectivity index (χ0) is 19.3. The van der Waals surface area contributed by atoms with Gasteiger partial charge >= 0.3 is 5.97 Å². The van der Waals surface area contributed by atoms with Gasteiger partial charge in [0.15, 0.2) is 0 Å². The van der Waals surface area contributed by atoms with Crippen LogP contribution in [0.1, 0.15) is 34.1 Å². The summed E-state index contributed by atoms with van der Waals surface area (Å²) in [5, 5.41) is 20.9. The summed E-state index contributed by atoms with van der Waals surface area (Å²) in [6, 6.07) is 0. The van der Waals surface area contributed by atoms with Gasteiger partial charge in [0.2, 0.25) is 0 Å². The van der Waals surface area contributed by atoms with Crippen molar-refractivity contribution < 1.29 is 19.7 Å². The van der Waals surface area contributed by atoms with Crippen molar-refractivity contribution in [1.82, 2.24) is 9.80 Å². The molecule has 0 saturated carbocycles. The van der Waals surface area contributed by atoms with Crippen LogP contribution in [0.25, 0.3) is 0 Å². The van der Waals surface area contributed by atoms with Gasteiger partial charge in [-0.1, -0.05) is 20.8 Å². The molecular formula is C19H32N2O4S. The van der Waals surface area contributed by atoms with Crippen LogP contribution < -0.4 is 0 Å². The molecule has 0 bridgehead atoms. The van der Waals surface area contributed by atoms with Crippen molar-refractivity contribution in [2.75, 3.05) is 38.6 Å². The predicted molar refractivity (Wildman–Crippen MR) is 105 cm³/mol. The molecule has 2 aliphatic heterocycles. The lowest BCUT2D eigenvalue weighted by Gasteiger charge is -2.45. The minimum atomic E-state index is -0.885. The highest BCUT2D eigenvalue weighted by Gasteiger charge is 2.34. The summed E-state index contributed by atoms with van der Waals surface area (Å²) < 4.78 is 5.48. The Morgan fingerprint density at radius 1 is 1.38 bits per heavy atom. The quantitative estimate of drug-likeness (QED) is 0.665. The highest BCUT2D eigenvalue weighted by atomic mass is 32.2. The highest BCUT2D eigenvalue weighted by molar-refractivity contribution is 8.03. The van der Waals surface area contributed by atoms with Crippen molar-refractivity contribution in [3.8, 4) is 0 Å². The number of nitrogens with zero attached hydrogens (tertiary/aromatic N) is 2. The summed E-state index contributed by atoms with van der Waals surface area (Å²) in [6.07, 6.45) is 2.28. The molecule has 0 aromatic carbocycles. The number of aliphatic hydroxyl groups excluding tert-OH is 1. The third-order valence-electron chi connectivity index (χ3n) is 4.94. The highest BCUT2D eigenvalue weighted by Crippen LogP contribution is 2.36. The van der Waals surface area contributed by atoms with Crippen molar-refractivity contribution in [1.29, 1.82) is 0 Å². The maximum atomic E-state index is 11.9. The second kappa shape index (κ2) is 9.78. The summed E-state index contributed by atoms with van der Waals surface area (Å²) in [5.74, 6) is 0.104. The minimum Gasteiger partial charge on any atom is -0.478 e. The molecule has 0 aromatic heterocycles. The predicted octanol–water partition coefficient (Wildman–Crippen LogP) is 2.36. The topological polar surface area (TPSA) is 73.2 Å². The van der Waals surface area contributed by atoms with E-state index in [1.54, 1.807) is 11.8 Å². The van der Waals surface area contributed by atoms with E-state index in [9.17, 15) is 15.0 Å². The number of morpholine rings is 1. The van der Waals surface area contributed by atoms with Crippen LogP contribution in [-0.2, 0) is 9.53 Å². The molecule has 7 heteroatoms. The van der Waals surface area contributed by atoms with Crippen molar-refractivity contribution in [3.05, 3.63) is 22.3 Å². The second-order valence-electron chi connectivity index (χ2n) is 7.12. The Hall–Kier alpha value is -1.02. The standard InChI is InChI=1S/C19H32N2O4S/c1-5-26-18-17(19(23)24)14(4)12-16(20-8-10-25-11-9-20)21(18)7-6-15(22)13(2)3/h12-13,15-16,22H,5-11H2,1-4H3,(H,23,24). The molecule has 0 amide bonds. The summed E-state index contributed by atoms with van der Waals surface area (Å²) in [6.45, 7) is 11.6. The lowest BCUT2D eigenvalue weighted by Crippen LogP contribution is -2.53. The van der Waals surface area contributed by atoms with Gasteiger partial charge in [0, 0.05) is 19.6 Å². The summed E-state index contributed by atoms with van der Waals surface area (Å²) >= 11 is 1.57. The third-order valence-corrected chi connectivity index (χ3v) is 5.94. The first-order chi connectivity index (χ1) is 12.4. The van der Waals surface area contributed by atoms with Crippen LogP contribution in [0.3, 0.4) is 0 Å². The number of hydrogen-bond acceptors (Lipinski definition) is 6. The van der Waals surface area contributed by atoms with E-state index < -0.39 is 12.1 Å². The SMILES string of the molecule is CCSC1=C(C(=O)O)C(C)=CC(N2CCOCC2)N1CCC(O)C(C)C. The average molecular weight is 385 g/mol. The third kappa shape index (κ3) is 5.03. The smallest absolute Gasteiger partial charge is 0.338 e. The van der Waals surface area contributed by atoms with Crippen LogP contribution in [0.5, 0.6) is 0 Å². The van der Waals surface area contributed by atoms with Gasteiger partial charge in [-0.05, 0) is 36.7 Å². The molecular weight excluding hydrogens is 352 g/mol. The molecule has 0 spiro atoms. The van der Waals surface area contributed by atoms with E-state index in [1.165, 1.54) is 0 Å². The van der Waals surface area contributed by atoms with Gasteiger partial charge < -0.3 is 19.8 Å². The Bertz CT molecular complexity index is 556.